The Balaban J connectivity index is 0.000000269. The summed E-state index contributed by atoms with van der Waals surface area (Å²) in [5, 5.41) is 0. The topological polar surface area (TPSA) is 89.5 Å². The van der Waals surface area contributed by atoms with Gasteiger partial charge in [0, 0.05) is 38.0 Å². The highest BCUT2D eigenvalue weighted by molar-refractivity contribution is 7.71. The number of aryl methyl sites for hydroxylation is 1. The number of para-hydroxylation sites is 2. The van der Waals surface area contributed by atoms with E-state index < -0.39 is 12.8 Å². The van der Waals surface area contributed by atoms with Gasteiger partial charge in [0.25, 0.3) is 0 Å². The van der Waals surface area contributed by atoms with Crippen molar-refractivity contribution in [3.63, 3.8) is 0 Å². The number of aromatic amines is 1. The van der Waals surface area contributed by atoms with Crippen LogP contribution in [0.15, 0.2) is 36.5 Å². The third-order valence-electron chi connectivity index (χ3n) is 4.85. The van der Waals surface area contributed by atoms with Crippen molar-refractivity contribution < 1.29 is 32.2 Å². The number of halogens is 3. The Morgan fingerprint density at radius 1 is 1.20 bits per heavy atom. The molecule has 190 valence electrons. The van der Waals surface area contributed by atoms with Crippen molar-refractivity contribution in [1.82, 2.24) is 19.4 Å². The number of benzene rings is 1. The van der Waals surface area contributed by atoms with Crippen LogP contribution < -0.4 is 4.74 Å². The van der Waals surface area contributed by atoms with Gasteiger partial charge in [-0.15, -0.1) is 0 Å². The summed E-state index contributed by atoms with van der Waals surface area (Å²) in [5.41, 5.74) is 2.88. The summed E-state index contributed by atoms with van der Waals surface area (Å²) >= 11 is 5.21. The minimum atomic E-state index is -4.30. The van der Waals surface area contributed by atoms with E-state index in [2.05, 4.69) is 14.7 Å². The normalized spacial score (nSPS) is 10.9. The largest absolute Gasteiger partial charge is 0.484 e. The summed E-state index contributed by atoms with van der Waals surface area (Å²) < 4.78 is 46.8. The number of rotatable bonds is 6. The zero-order valence-electron chi connectivity index (χ0n) is 19.8. The number of fused-ring (bicyclic) bond motifs is 1. The van der Waals surface area contributed by atoms with Gasteiger partial charge in [-0.2, -0.15) is 13.2 Å². The van der Waals surface area contributed by atoms with Crippen molar-refractivity contribution in [2.75, 3.05) is 26.8 Å². The first-order chi connectivity index (χ1) is 16.4. The molecule has 1 amide bonds. The number of imidazole rings is 1. The summed E-state index contributed by atoms with van der Waals surface area (Å²) in [7, 11) is 1.69. The molecule has 0 aliphatic carbocycles. The molecule has 0 spiro atoms. The third kappa shape index (κ3) is 8.39. The highest BCUT2D eigenvalue weighted by Crippen LogP contribution is 2.22. The van der Waals surface area contributed by atoms with E-state index in [9.17, 15) is 22.8 Å². The molecule has 0 aliphatic heterocycles. The van der Waals surface area contributed by atoms with E-state index in [-0.39, 0.29) is 17.7 Å². The minimum Gasteiger partial charge on any atom is -0.484 e. The lowest BCUT2D eigenvalue weighted by Gasteiger charge is -2.17. The summed E-state index contributed by atoms with van der Waals surface area (Å²) in [6.07, 6.45) is -2.30. The molecule has 0 aliphatic rings. The van der Waals surface area contributed by atoms with Gasteiger partial charge in [-0.1, -0.05) is 12.1 Å². The molecule has 0 saturated heterocycles. The second-order valence-electron chi connectivity index (χ2n) is 7.60. The number of aromatic nitrogens is 3. The lowest BCUT2D eigenvalue weighted by Crippen LogP contribution is -2.32. The number of hydrogen-bond donors (Lipinski definition) is 1. The number of pyridine rings is 1. The van der Waals surface area contributed by atoms with Crippen LogP contribution in [0.25, 0.3) is 11.0 Å². The molecule has 0 unspecified atom stereocenters. The molecular formula is C23H27F3N4O4S. The highest BCUT2D eigenvalue weighted by atomic mass is 32.1. The van der Waals surface area contributed by atoms with Gasteiger partial charge < -0.3 is 19.4 Å². The van der Waals surface area contributed by atoms with Crippen LogP contribution in [0.3, 0.4) is 0 Å². The van der Waals surface area contributed by atoms with Crippen LogP contribution in [0.2, 0.25) is 0 Å². The number of carbonyl (C=O) groups is 2. The van der Waals surface area contributed by atoms with E-state index in [1.807, 2.05) is 24.3 Å². The van der Waals surface area contributed by atoms with Crippen LogP contribution in [0.4, 0.5) is 18.0 Å². The summed E-state index contributed by atoms with van der Waals surface area (Å²) in [4.78, 5) is 31.6. The molecule has 1 N–H and O–H groups in total. The van der Waals surface area contributed by atoms with E-state index in [0.29, 0.717) is 35.6 Å². The van der Waals surface area contributed by atoms with E-state index in [4.69, 9.17) is 17.0 Å². The second kappa shape index (κ2) is 12.3. The highest BCUT2D eigenvalue weighted by Gasteiger charge is 2.28. The molecule has 2 aromatic heterocycles. The lowest BCUT2D eigenvalue weighted by atomic mass is 10.2. The van der Waals surface area contributed by atoms with E-state index in [1.54, 1.807) is 25.8 Å². The van der Waals surface area contributed by atoms with Crippen LogP contribution in [0, 0.1) is 18.6 Å². The fourth-order valence-corrected chi connectivity index (χ4v) is 3.25. The number of nitrogens with zero attached hydrogens (tertiary/aromatic N) is 3. The monoisotopic (exact) mass is 512 g/mol. The maximum absolute atomic E-state index is 12.5. The van der Waals surface area contributed by atoms with Gasteiger partial charge in [0.1, 0.15) is 5.75 Å². The van der Waals surface area contributed by atoms with Gasteiger partial charge in [0.05, 0.1) is 17.6 Å². The van der Waals surface area contributed by atoms with Crippen molar-refractivity contribution in [1.29, 1.82) is 0 Å². The number of alkyl halides is 3. The Morgan fingerprint density at radius 3 is 2.54 bits per heavy atom. The molecule has 0 saturated carbocycles. The SMILES string of the molecule is CC(=O)OCCCN(C)C(=O)n1c(=S)[nH]c2ccccc21.Cc1nccc(OCC(F)(F)F)c1C. The van der Waals surface area contributed by atoms with Gasteiger partial charge in [0.15, 0.2) is 11.4 Å². The van der Waals surface area contributed by atoms with Crippen molar-refractivity contribution in [2.45, 2.75) is 33.4 Å². The van der Waals surface area contributed by atoms with Gasteiger partial charge in [-0.05, 0) is 50.7 Å². The molecule has 0 bridgehead atoms. The molecule has 0 radical (unpaired) electrons. The van der Waals surface area contributed by atoms with Gasteiger partial charge >= 0.3 is 18.2 Å². The standard InChI is InChI=1S/C14H17N3O3S.C9H10F3NO/c1-10(18)20-9-5-8-16(2)14(19)17-12-7-4-3-6-11(12)15-13(17)21;1-6-7(2)13-4-3-8(6)14-5-9(10,11)12/h3-4,6-7H,5,8-9H2,1-2H3,(H,15,21);3-4H,5H2,1-2H3. The van der Waals surface area contributed by atoms with E-state index >= 15 is 0 Å². The van der Waals surface area contributed by atoms with Crippen LogP contribution in [-0.4, -0.2) is 64.4 Å². The molecule has 8 nitrogen and oxygen atoms in total. The first kappa shape index (κ1) is 27.8. The molecule has 35 heavy (non-hydrogen) atoms. The number of hydrogen-bond acceptors (Lipinski definition) is 6. The summed E-state index contributed by atoms with van der Waals surface area (Å²) in [6, 6.07) is 8.66. The fourth-order valence-electron chi connectivity index (χ4n) is 2.96. The van der Waals surface area contributed by atoms with E-state index in [1.165, 1.54) is 23.8 Å². The van der Waals surface area contributed by atoms with Gasteiger partial charge in [-0.3, -0.25) is 9.78 Å². The quantitative estimate of drug-likeness (QED) is 0.278. The molecule has 2 heterocycles. The Labute approximate surface area is 205 Å². The average molecular weight is 513 g/mol. The Bertz CT molecular complexity index is 1220. The zero-order valence-corrected chi connectivity index (χ0v) is 20.6. The molecule has 3 rings (SSSR count). The number of amides is 1. The van der Waals surface area contributed by atoms with Crippen LogP contribution in [0.5, 0.6) is 5.75 Å². The molecule has 0 atom stereocenters. The predicted octanol–water partition coefficient (Wildman–Crippen LogP) is 5.19. The Hall–Kier alpha value is -3.41. The first-order valence-electron chi connectivity index (χ1n) is 10.6. The molecule has 1 aromatic carbocycles. The van der Waals surface area contributed by atoms with Crippen LogP contribution >= 0.6 is 12.2 Å². The molecular weight excluding hydrogens is 485 g/mol. The van der Waals surface area contributed by atoms with Gasteiger partial charge in [0.2, 0.25) is 0 Å². The number of carbonyl (C=O) groups excluding carboxylic acids is 2. The van der Waals surface area contributed by atoms with E-state index in [0.717, 1.165) is 11.0 Å². The van der Waals surface area contributed by atoms with Crippen molar-refractivity contribution in [2.24, 2.45) is 0 Å². The van der Waals surface area contributed by atoms with Crippen molar-refractivity contribution in [3.8, 4) is 5.75 Å². The smallest absolute Gasteiger partial charge is 0.422 e. The van der Waals surface area contributed by atoms with Crippen molar-refractivity contribution >= 4 is 35.3 Å². The molecule has 3 aromatic rings. The second-order valence-corrected chi connectivity index (χ2v) is 7.99. The maximum Gasteiger partial charge on any atom is 0.422 e. The van der Waals surface area contributed by atoms with Crippen LogP contribution in [0.1, 0.15) is 24.6 Å². The number of nitrogens with one attached hydrogen (secondary N) is 1. The number of esters is 1. The Kier molecular flexibility index (Phi) is 9.81. The van der Waals surface area contributed by atoms with Crippen LogP contribution in [-0.2, 0) is 9.53 Å². The Morgan fingerprint density at radius 2 is 1.89 bits per heavy atom. The third-order valence-corrected chi connectivity index (χ3v) is 5.13. The predicted molar refractivity (Wildman–Crippen MR) is 127 cm³/mol. The summed E-state index contributed by atoms with van der Waals surface area (Å²) in [6.45, 7) is 4.26. The maximum atomic E-state index is 12.5. The summed E-state index contributed by atoms with van der Waals surface area (Å²) in [5.74, 6) is -0.0855. The average Bonchev–Trinajstić information content (AvgIpc) is 3.12. The minimum absolute atomic E-state index is 0.208. The van der Waals surface area contributed by atoms with Crippen molar-refractivity contribution in [3.05, 3.63) is 52.6 Å². The van der Waals surface area contributed by atoms with Gasteiger partial charge in [-0.25, -0.2) is 9.36 Å². The number of ether oxygens (including phenoxy) is 2. The fraction of sp³-hybridized carbons (Fsp3) is 0.391. The molecule has 0 fully saturated rings. The lowest BCUT2D eigenvalue weighted by molar-refractivity contribution is -0.153. The first-order valence-corrected chi connectivity index (χ1v) is 11.0. The molecule has 12 heteroatoms. The zero-order chi connectivity index (χ0) is 26.2. The number of H-pyrrole nitrogens is 1.